The van der Waals surface area contributed by atoms with Gasteiger partial charge in [-0.2, -0.15) is 0 Å². The summed E-state index contributed by atoms with van der Waals surface area (Å²) in [5.74, 6) is 0.355. The number of aryl methyl sites for hydroxylation is 1. The summed E-state index contributed by atoms with van der Waals surface area (Å²) in [7, 11) is 2.97. The first-order valence-electron chi connectivity index (χ1n) is 8.07. The van der Waals surface area contributed by atoms with E-state index >= 15 is 0 Å². The third-order valence-electron chi connectivity index (χ3n) is 3.98. The van der Waals surface area contributed by atoms with Crippen molar-refractivity contribution >= 4 is 22.4 Å². The number of ether oxygens (including phenoxy) is 1. The van der Waals surface area contributed by atoms with Crippen molar-refractivity contribution in [2.24, 2.45) is 7.05 Å². The van der Waals surface area contributed by atoms with Gasteiger partial charge in [0.05, 0.1) is 12.8 Å². The molecule has 0 aliphatic heterocycles. The Kier molecular flexibility index (Phi) is 5.22. The first kappa shape index (κ1) is 18.6. The van der Waals surface area contributed by atoms with Crippen molar-refractivity contribution in [3.8, 4) is 17.0 Å². The smallest absolute Gasteiger partial charge is 0.331 e. The molecule has 0 atom stereocenters. The Balaban J connectivity index is 1.76. The van der Waals surface area contributed by atoms with Crippen LogP contribution in [0.2, 0.25) is 0 Å². The monoisotopic (exact) mass is 386 g/mol. The van der Waals surface area contributed by atoms with Crippen LogP contribution in [0.25, 0.3) is 11.3 Å². The van der Waals surface area contributed by atoms with Crippen molar-refractivity contribution in [2.75, 3.05) is 12.4 Å². The first-order chi connectivity index (χ1) is 12.9. The second kappa shape index (κ2) is 7.58. The van der Waals surface area contributed by atoms with E-state index in [9.17, 15) is 14.4 Å². The summed E-state index contributed by atoms with van der Waals surface area (Å²) >= 11 is 1.35. The van der Waals surface area contributed by atoms with Gasteiger partial charge in [0, 0.05) is 29.8 Å². The topological polar surface area (TPSA) is 95.2 Å². The SMILES string of the molecule is COc1ccc(-c2nc(NC(=O)Cn3ccc(=O)n(C)c3=O)sc2C)cc1. The minimum atomic E-state index is -0.549. The summed E-state index contributed by atoms with van der Waals surface area (Å²) < 4.78 is 7.27. The number of thiazole rings is 1. The van der Waals surface area contributed by atoms with Gasteiger partial charge in [0.25, 0.3) is 5.56 Å². The van der Waals surface area contributed by atoms with E-state index in [4.69, 9.17) is 4.74 Å². The van der Waals surface area contributed by atoms with Crippen LogP contribution >= 0.6 is 11.3 Å². The number of aromatic nitrogens is 3. The summed E-state index contributed by atoms with van der Waals surface area (Å²) in [6.07, 6.45) is 1.31. The number of rotatable bonds is 5. The highest BCUT2D eigenvalue weighted by molar-refractivity contribution is 7.16. The number of nitrogens with zero attached hydrogens (tertiary/aromatic N) is 3. The molecule has 0 unspecified atom stereocenters. The number of benzene rings is 1. The molecule has 0 saturated carbocycles. The quantitative estimate of drug-likeness (QED) is 0.719. The molecule has 27 heavy (non-hydrogen) atoms. The molecule has 2 heterocycles. The van der Waals surface area contributed by atoms with Gasteiger partial charge in [-0.1, -0.05) is 0 Å². The van der Waals surface area contributed by atoms with Gasteiger partial charge in [-0.25, -0.2) is 9.78 Å². The maximum atomic E-state index is 12.3. The van der Waals surface area contributed by atoms with Crippen LogP contribution in [0.3, 0.4) is 0 Å². The van der Waals surface area contributed by atoms with E-state index in [1.165, 1.54) is 35.2 Å². The van der Waals surface area contributed by atoms with Crippen LogP contribution in [0.5, 0.6) is 5.75 Å². The molecule has 140 valence electrons. The zero-order valence-electron chi connectivity index (χ0n) is 15.1. The van der Waals surface area contributed by atoms with Crippen molar-refractivity contribution in [1.82, 2.24) is 14.1 Å². The van der Waals surface area contributed by atoms with Crippen molar-refractivity contribution < 1.29 is 9.53 Å². The maximum absolute atomic E-state index is 12.3. The minimum absolute atomic E-state index is 0.205. The molecule has 0 radical (unpaired) electrons. The zero-order chi connectivity index (χ0) is 19.6. The second-order valence-corrected chi connectivity index (χ2v) is 7.03. The summed E-state index contributed by atoms with van der Waals surface area (Å²) in [5.41, 5.74) is 0.722. The molecule has 0 fully saturated rings. The first-order valence-corrected chi connectivity index (χ1v) is 8.89. The highest BCUT2D eigenvalue weighted by atomic mass is 32.1. The van der Waals surface area contributed by atoms with Crippen molar-refractivity contribution in [3.05, 3.63) is 62.2 Å². The molecule has 3 aromatic rings. The highest BCUT2D eigenvalue weighted by Crippen LogP contribution is 2.31. The zero-order valence-corrected chi connectivity index (χ0v) is 15.9. The molecule has 3 rings (SSSR count). The lowest BCUT2D eigenvalue weighted by Gasteiger charge is -2.06. The molecule has 0 spiro atoms. The van der Waals surface area contributed by atoms with Gasteiger partial charge in [-0.05, 0) is 31.2 Å². The lowest BCUT2D eigenvalue weighted by molar-refractivity contribution is -0.116. The number of nitrogens with one attached hydrogen (secondary N) is 1. The molecular weight excluding hydrogens is 368 g/mol. The van der Waals surface area contributed by atoms with Crippen LogP contribution < -0.4 is 21.3 Å². The van der Waals surface area contributed by atoms with Crippen LogP contribution in [0.1, 0.15) is 4.88 Å². The number of hydrogen-bond acceptors (Lipinski definition) is 6. The summed E-state index contributed by atoms with van der Waals surface area (Å²) in [6.45, 7) is 1.72. The van der Waals surface area contributed by atoms with Gasteiger partial charge in [0.2, 0.25) is 5.91 Å². The lowest BCUT2D eigenvalue weighted by atomic mass is 10.1. The van der Waals surface area contributed by atoms with Crippen LogP contribution in [0, 0.1) is 6.92 Å². The van der Waals surface area contributed by atoms with Gasteiger partial charge >= 0.3 is 5.69 Å². The fraction of sp³-hybridized carbons (Fsp3) is 0.222. The minimum Gasteiger partial charge on any atom is -0.497 e. The average Bonchev–Trinajstić information content (AvgIpc) is 3.02. The van der Waals surface area contributed by atoms with Crippen molar-refractivity contribution in [3.63, 3.8) is 0 Å². The Bertz CT molecular complexity index is 1100. The van der Waals surface area contributed by atoms with Gasteiger partial charge in [-0.15, -0.1) is 11.3 Å². The van der Waals surface area contributed by atoms with E-state index < -0.39 is 17.2 Å². The number of anilines is 1. The third kappa shape index (κ3) is 3.98. The van der Waals surface area contributed by atoms with Crippen LogP contribution in [-0.2, 0) is 18.4 Å². The number of carbonyl (C=O) groups excluding carboxylic acids is 1. The normalized spacial score (nSPS) is 10.6. The summed E-state index contributed by atoms with van der Waals surface area (Å²) in [5, 5.41) is 3.15. The lowest BCUT2D eigenvalue weighted by Crippen LogP contribution is -2.38. The number of carbonyl (C=O) groups is 1. The number of methoxy groups -OCH3 is 1. The Hall–Kier alpha value is -3.20. The second-order valence-electron chi connectivity index (χ2n) is 5.82. The van der Waals surface area contributed by atoms with E-state index in [0.29, 0.717) is 5.13 Å². The number of hydrogen-bond donors (Lipinski definition) is 1. The predicted octanol–water partition coefficient (Wildman–Crippen LogP) is 1.63. The standard InChI is InChI=1S/C18H18N4O4S/c1-11-16(12-4-6-13(26-3)7-5-12)20-17(27-11)19-14(23)10-22-9-8-15(24)21(2)18(22)25/h4-9H,10H2,1-3H3,(H,19,20,23). The molecular formula is C18H18N4O4S. The summed E-state index contributed by atoms with van der Waals surface area (Å²) in [6, 6.07) is 8.73. The Morgan fingerprint density at radius 2 is 1.93 bits per heavy atom. The van der Waals surface area contributed by atoms with E-state index in [-0.39, 0.29) is 6.54 Å². The fourth-order valence-corrected chi connectivity index (χ4v) is 3.37. The predicted molar refractivity (Wildman–Crippen MR) is 103 cm³/mol. The third-order valence-corrected chi connectivity index (χ3v) is 4.87. The fourth-order valence-electron chi connectivity index (χ4n) is 2.52. The Labute approximate surface area is 158 Å². The molecule has 9 heteroatoms. The molecule has 1 aromatic carbocycles. The van der Waals surface area contributed by atoms with E-state index in [2.05, 4.69) is 10.3 Å². The molecule has 1 amide bonds. The van der Waals surface area contributed by atoms with Gasteiger partial charge in [0.15, 0.2) is 5.13 Å². The highest BCUT2D eigenvalue weighted by Gasteiger charge is 2.13. The van der Waals surface area contributed by atoms with Crippen LogP contribution in [-0.4, -0.2) is 27.1 Å². The maximum Gasteiger partial charge on any atom is 0.331 e. The average molecular weight is 386 g/mol. The van der Waals surface area contributed by atoms with E-state index in [0.717, 1.165) is 26.5 Å². The molecule has 1 N–H and O–H groups in total. The van der Waals surface area contributed by atoms with Gasteiger partial charge in [-0.3, -0.25) is 18.7 Å². The van der Waals surface area contributed by atoms with Gasteiger partial charge in [0.1, 0.15) is 12.3 Å². The van der Waals surface area contributed by atoms with Crippen LogP contribution in [0.4, 0.5) is 5.13 Å². The largest absolute Gasteiger partial charge is 0.497 e. The molecule has 0 bridgehead atoms. The molecule has 0 saturated heterocycles. The molecule has 8 nitrogen and oxygen atoms in total. The Morgan fingerprint density at radius 1 is 1.22 bits per heavy atom. The molecule has 2 aromatic heterocycles. The van der Waals surface area contributed by atoms with Gasteiger partial charge < -0.3 is 10.1 Å². The van der Waals surface area contributed by atoms with E-state index in [1.54, 1.807) is 7.11 Å². The summed E-state index contributed by atoms with van der Waals surface area (Å²) in [4.78, 5) is 41.1. The number of amides is 1. The van der Waals surface area contributed by atoms with Crippen LogP contribution in [0.15, 0.2) is 46.1 Å². The van der Waals surface area contributed by atoms with Crippen molar-refractivity contribution in [1.29, 1.82) is 0 Å². The molecule has 0 aliphatic rings. The van der Waals surface area contributed by atoms with Crippen molar-refractivity contribution in [2.45, 2.75) is 13.5 Å². The Morgan fingerprint density at radius 3 is 2.59 bits per heavy atom. The van der Waals surface area contributed by atoms with E-state index in [1.807, 2.05) is 31.2 Å². The molecule has 0 aliphatic carbocycles.